The van der Waals surface area contributed by atoms with Crippen LogP contribution in [0.4, 0.5) is 5.69 Å². The first-order valence-corrected chi connectivity index (χ1v) is 7.94. The van der Waals surface area contributed by atoms with Crippen molar-refractivity contribution in [3.05, 3.63) is 50.1 Å². The average molecular weight is 366 g/mol. The SMILES string of the molecule is Cc1ccc2c(c1)[C@@](O)(CC(=O)c1ccc(Br)s1)C(=O)N2. The summed E-state index contributed by atoms with van der Waals surface area (Å²) in [6.45, 7) is 1.88. The molecule has 1 amide bonds. The smallest absolute Gasteiger partial charge is 0.261 e. The predicted octanol–water partition coefficient (Wildman–Crippen LogP) is 3.23. The fourth-order valence-corrected chi connectivity index (χ4v) is 3.74. The van der Waals surface area contributed by atoms with Gasteiger partial charge in [0.15, 0.2) is 11.4 Å². The number of benzene rings is 1. The van der Waals surface area contributed by atoms with E-state index in [0.29, 0.717) is 16.1 Å². The van der Waals surface area contributed by atoms with E-state index in [1.807, 2.05) is 13.0 Å². The third kappa shape index (κ3) is 2.43. The van der Waals surface area contributed by atoms with E-state index in [4.69, 9.17) is 0 Å². The molecule has 108 valence electrons. The summed E-state index contributed by atoms with van der Waals surface area (Å²) in [5.74, 6) is -0.801. The van der Waals surface area contributed by atoms with Crippen molar-refractivity contribution in [1.29, 1.82) is 0 Å². The Balaban J connectivity index is 1.96. The first-order chi connectivity index (χ1) is 9.90. The van der Waals surface area contributed by atoms with Crippen LogP contribution < -0.4 is 5.32 Å². The van der Waals surface area contributed by atoms with E-state index in [1.165, 1.54) is 11.3 Å². The van der Waals surface area contributed by atoms with Gasteiger partial charge in [-0.2, -0.15) is 0 Å². The number of carbonyl (C=O) groups is 2. The molecule has 2 aromatic rings. The van der Waals surface area contributed by atoms with Gasteiger partial charge in [-0.15, -0.1) is 11.3 Å². The van der Waals surface area contributed by atoms with Gasteiger partial charge in [0.25, 0.3) is 5.91 Å². The Morgan fingerprint density at radius 3 is 2.81 bits per heavy atom. The molecule has 0 unspecified atom stereocenters. The maximum Gasteiger partial charge on any atom is 0.261 e. The molecule has 0 fully saturated rings. The number of rotatable bonds is 3. The molecule has 1 aliphatic rings. The van der Waals surface area contributed by atoms with Crippen molar-refractivity contribution in [1.82, 2.24) is 0 Å². The van der Waals surface area contributed by atoms with Crippen molar-refractivity contribution in [3.63, 3.8) is 0 Å². The number of anilines is 1. The van der Waals surface area contributed by atoms with Gasteiger partial charge in [0.2, 0.25) is 0 Å². The molecule has 3 rings (SSSR count). The number of ketones is 1. The van der Waals surface area contributed by atoms with Crippen LogP contribution in [0.1, 0.15) is 27.2 Å². The number of carbonyl (C=O) groups excluding carboxylic acids is 2. The van der Waals surface area contributed by atoms with Gasteiger partial charge in [0.1, 0.15) is 0 Å². The molecule has 2 N–H and O–H groups in total. The highest BCUT2D eigenvalue weighted by Crippen LogP contribution is 2.40. The summed E-state index contributed by atoms with van der Waals surface area (Å²) < 4.78 is 0.838. The Labute approximate surface area is 133 Å². The van der Waals surface area contributed by atoms with Gasteiger partial charge in [-0.3, -0.25) is 9.59 Å². The monoisotopic (exact) mass is 365 g/mol. The van der Waals surface area contributed by atoms with E-state index in [9.17, 15) is 14.7 Å². The molecule has 0 saturated carbocycles. The number of hydrogen-bond donors (Lipinski definition) is 2. The molecule has 1 aromatic heterocycles. The quantitative estimate of drug-likeness (QED) is 0.820. The fraction of sp³-hybridized carbons (Fsp3) is 0.200. The zero-order valence-corrected chi connectivity index (χ0v) is 13.5. The van der Waals surface area contributed by atoms with E-state index in [-0.39, 0.29) is 12.2 Å². The number of halogens is 1. The molecule has 0 aliphatic carbocycles. The molecule has 0 saturated heterocycles. The van der Waals surface area contributed by atoms with Crippen LogP contribution in [0.2, 0.25) is 0 Å². The minimum atomic E-state index is -1.80. The molecule has 2 heterocycles. The van der Waals surface area contributed by atoms with Crippen LogP contribution in [-0.4, -0.2) is 16.8 Å². The first kappa shape index (κ1) is 14.4. The summed E-state index contributed by atoms with van der Waals surface area (Å²) in [4.78, 5) is 24.9. The molecular formula is C15H12BrNO3S. The predicted molar refractivity (Wildman–Crippen MR) is 84.7 cm³/mol. The number of aliphatic hydroxyl groups is 1. The van der Waals surface area contributed by atoms with Gasteiger partial charge < -0.3 is 10.4 Å². The second-order valence-corrected chi connectivity index (χ2v) is 7.53. The van der Waals surface area contributed by atoms with Crippen LogP contribution in [0.15, 0.2) is 34.1 Å². The lowest BCUT2D eigenvalue weighted by Gasteiger charge is -2.19. The molecule has 1 aliphatic heterocycles. The van der Waals surface area contributed by atoms with Crippen molar-refractivity contribution >= 4 is 44.6 Å². The van der Waals surface area contributed by atoms with Gasteiger partial charge in [-0.05, 0) is 41.1 Å². The van der Waals surface area contributed by atoms with Gasteiger partial charge in [-0.1, -0.05) is 17.7 Å². The Kier molecular flexibility index (Phi) is 3.47. The zero-order chi connectivity index (χ0) is 15.2. The average Bonchev–Trinajstić information content (AvgIpc) is 2.95. The third-order valence-corrected chi connectivity index (χ3v) is 5.17. The van der Waals surface area contributed by atoms with Crippen molar-refractivity contribution in [2.45, 2.75) is 18.9 Å². The fourth-order valence-electron chi connectivity index (χ4n) is 2.42. The molecule has 1 aromatic carbocycles. The van der Waals surface area contributed by atoms with Gasteiger partial charge in [0.05, 0.1) is 15.1 Å². The van der Waals surface area contributed by atoms with Crippen molar-refractivity contribution in [2.24, 2.45) is 0 Å². The second-order valence-electron chi connectivity index (χ2n) is 5.07. The molecule has 6 heteroatoms. The van der Waals surface area contributed by atoms with E-state index in [2.05, 4.69) is 21.2 Å². The lowest BCUT2D eigenvalue weighted by molar-refractivity contribution is -0.133. The summed E-state index contributed by atoms with van der Waals surface area (Å²) in [5.41, 5.74) is 0.161. The van der Waals surface area contributed by atoms with Crippen LogP contribution in [-0.2, 0) is 10.4 Å². The molecule has 4 nitrogen and oxygen atoms in total. The Bertz CT molecular complexity index is 755. The highest BCUT2D eigenvalue weighted by atomic mass is 79.9. The zero-order valence-electron chi connectivity index (χ0n) is 11.1. The number of amides is 1. The van der Waals surface area contributed by atoms with Crippen molar-refractivity contribution in [2.75, 3.05) is 5.32 Å². The maximum atomic E-state index is 12.3. The highest BCUT2D eigenvalue weighted by molar-refractivity contribution is 9.11. The Hall–Kier alpha value is -1.50. The lowest BCUT2D eigenvalue weighted by Crippen LogP contribution is -2.36. The summed E-state index contributed by atoms with van der Waals surface area (Å²) >= 11 is 4.59. The molecule has 0 bridgehead atoms. The minimum absolute atomic E-state index is 0.252. The number of fused-ring (bicyclic) bond motifs is 1. The molecule has 0 radical (unpaired) electrons. The number of nitrogens with one attached hydrogen (secondary N) is 1. The molecule has 21 heavy (non-hydrogen) atoms. The minimum Gasteiger partial charge on any atom is -0.375 e. The van der Waals surface area contributed by atoms with Crippen molar-refractivity contribution < 1.29 is 14.7 Å². The summed E-state index contributed by atoms with van der Waals surface area (Å²) in [5, 5.41) is 13.4. The number of Topliss-reactive ketones (excluding diaryl/α,β-unsaturated/α-hetero) is 1. The maximum absolute atomic E-state index is 12.3. The van der Waals surface area contributed by atoms with Gasteiger partial charge in [0, 0.05) is 11.3 Å². The van der Waals surface area contributed by atoms with E-state index in [0.717, 1.165) is 9.35 Å². The van der Waals surface area contributed by atoms with Gasteiger partial charge >= 0.3 is 0 Å². The highest BCUT2D eigenvalue weighted by Gasteiger charge is 2.46. The first-order valence-electron chi connectivity index (χ1n) is 6.33. The standard InChI is InChI=1S/C15H12BrNO3S/c1-8-2-3-10-9(6-8)15(20,14(19)17-10)7-11(18)12-4-5-13(16)21-12/h2-6,20H,7H2,1H3,(H,17,19)/t15-/m0/s1. The normalized spacial score (nSPS) is 20.2. The number of hydrogen-bond acceptors (Lipinski definition) is 4. The summed E-state index contributed by atoms with van der Waals surface area (Å²) in [6, 6.07) is 8.79. The van der Waals surface area contributed by atoms with Crippen LogP contribution >= 0.6 is 27.3 Å². The van der Waals surface area contributed by atoms with Gasteiger partial charge in [-0.25, -0.2) is 0 Å². The van der Waals surface area contributed by atoms with E-state index in [1.54, 1.807) is 24.3 Å². The second kappa shape index (κ2) is 5.05. The van der Waals surface area contributed by atoms with Crippen molar-refractivity contribution in [3.8, 4) is 0 Å². The third-order valence-electron chi connectivity index (χ3n) is 3.51. The van der Waals surface area contributed by atoms with Crippen LogP contribution in [0, 0.1) is 6.92 Å². The van der Waals surface area contributed by atoms with Crippen LogP contribution in [0.3, 0.4) is 0 Å². The Morgan fingerprint density at radius 1 is 1.38 bits per heavy atom. The van der Waals surface area contributed by atoms with E-state index >= 15 is 0 Å². The lowest BCUT2D eigenvalue weighted by atomic mass is 9.89. The largest absolute Gasteiger partial charge is 0.375 e. The Morgan fingerprint density at radius 2 is 2.14 bits per heavy atom. The molecular weight excluding hydrogens is 354 g/mol. The van der Waals surface area contributed by atoms with Crippen LogP contribution in [0.5, 0.6) is 0 Å². The topological polar surface area (TPSA) is 66.4 Å². The van der Waals surface area contributed by atoms with Crippen LogP contribution in [0.25, 0.3) is 0 Å². The summed E-state index contributed by atoms with van der Waals surface area (Å²) in [7, 11) is 0. The number of aryl methyl sites for hydroxylation is 1. The van der Waals surface area contributed by atoms with E-state index < -0.39 is 11.5 Å². The number of thiophene rings is 1. The molecule has 1 atom stereocenters. The molecule has 0 spiro atoms. The summed E-state index contributed by atoms with van der Waals surface area (Å²) in [6.07, 6.45) is -0.262.